The number of amides is 2. The van der Waals surface area contributed by atoms with Gasteiger partial charge in [0.1, 0.15) is 19.0 Å². The van der Waals surface area contributed by atoms with Crippen molar-refractivity contribution < 1.29 is 23.5 Å². The SMILES string of the molecule is CCOC1NCCCC1C(=O)NC12CC(NC(=O)COC3CCC(Cl)C(F)C3)(C1)C2. The second kappa shape index (κ2) is 8.88. The number of ether oxygens (including phenoxy) is 2. The topological polar surface area (TPSA) is 88.7 Å². The van der Waals surface area contributed by atoms with Gasteiger partial charge in [0, 0.05) is 24.1 Å². The zero-order valence-corrected chi connectivity index (χ0v) is 18.3. The highest BCUT2D eigenvalue weighted by Gasteiger charge is 2.69. The van der Waals surface area contributed by atoms with E-state index < -0.39 is 11.5 Å². The summed E-state index contributed by atoms with van der Waals surface area (Å²) in [7, 11) is 0. The Hall–Kier alpha value is -0.960. The van der Waals surface area contributed by atoms with E-state index in [-0.39, 0.29) is 54.2 Å². The van der Waals surface area contributed by atoms with Crippen LogP contribution in [-0.2, 0) is 19.1 Å². The second-order valence-electron chi connectivity index (χ2n) is 9.49. The van der Waals surface area contributed by atoms with Crippen molar-refractivity contribution in [2.45, 2.75) is 93.2 Å². The molecule has 3 N–H and O–H groups in total. The number of rotatable bonds is 8. The number of piperidine rings is 1. The molecular weight excluding hydrogens is 413 g/mol. The number of carbonyl (C=O) groups is 2. The second-order valence-corrected chi connectivity index (χ2v) is 10.0. The molecule has 5 fully saturated rings. The lowest BCUT2D eigenvalue weighted by Gasteiger charge is -2.70. The standard InChI is InChI=1S/C21H33ClFN3O4/c1-2-29-19-14(4-3-7-24-19)18(28)26-21-10-20(11-21,12-21)25-17(27)9-30-13-5-6-15(22)16(23)8-13/h13-16,19,24H,2-12H2,1H3,(H,25,27)(H,26,28). The molecule has 1 heterocycles. The summed E-state index contributed by atoms with van der Waals surface area (Å²) in [6.45, 7) is 3.32. The Kier molecular flexibility index (Phi) is 6.59. The number of hydrogen-bond donors (Lipinski definition) is 3. The molecule has 5 atom stereocenters. The fraction of sp³-hybridized carbons (Fsp3) is 0.905. The molecule has 5 rings (SSSR count). The molecule has 4 aliphatic carbocycles. The Bertz CT molecular complexity index is 644. The molecule has 1 aliphatic heterocycles. The van der Waals surface area contributed by atoms with Crippen molar-refractivity contribution in [3.05, 3.63) is 0 Å². The third kappa shape index (κ3) is 4.61. The van der Waals surface area contributed by atoms with Crippen LogP contribution in [0.25, 0.3) is 0 Å². The highest BCUT2D eigenvalue weighted by molar-refractivity contribution is 6.21. The molecule has 7 nitrogen and oxygen atoms in total. The van der Waals surface area contributed by atoms with E-state index in [2.05, 4.69) is 16.0 Å². The van der Waals surface area contributed by atoms with Gasteiger partial charge in [-0.1, -0.05) is 0 Å². The van der Waals surface area contributed by atoms with Gasteiger partial charge in [0.15, 0.2) is 0 Å². The monoisotopic (exact) mass is 445 g/mol. The van der Waals surface area contributed by atoms with Crippen LogP contribution in [-0.4, -0.2) is 66.5 Å². The van der Waals surface area contributed by atoms with Gasteiger partial charge in [-0.25, -0.2) is 4.39 Å². The van der Waals surface area contributed by atoms with Gasteiger partial charge in [-0.15, -0.1) is 11.6 Å². The Morgan fingerprint density at radius 3 is 2.57 bits per heavy atom. The molecule has 30 heavy (non-hydrogen) atoms. The molecule has 2 amide bonds. The lowest BCUT2D eigenvalue weighted by atomic mass is 9.44. The van der Waals surface area contributed by atoms with Crippen LogP contribution in [0.2, 0.25) is 0 Å². The van der Waals surface area contributed by atoms with Crippen molar-refractivity contribution in [3.63, 3.8) is 0 Å². The van der Waals surface area contributed by atoms with Gasteiger partial charge in [-0.05, 0) is 58.4 Å². The van der Waals surface area contributed by atoms with Crippen LogP contribution in [0.1, 0.15) is 58.3 Å². The highest BCUT2D eigenvalue weighted by Crippen LogP contribution is 2.60. The molecule has 0 aromatic carbocycles. The van der Waals surface area contributed by atoms with Crippen LogP contribution in [0, 0.1) is 5.92 Å². The molecule has 5 aliphatic rings. The Labute approximate surface area is 182 Å². The summed E-state index contributed by atoms with van der Waals surface area (Å²) < 4.78 is 25.0. The maximum atomic E-state index is 13.7. The first-order valence-corrected chi connectivity index (χ1v) is 11.7. The summed E-state index contributed by atoms with van der Waals surface area (Å²) in [6.07, 6.45) is 4.00. The quantitative estimate of drug-likeness (QED) is 0.495. The lowest BCUT2D eigenvalue weighted by Crippen LogP contribution is -2.84. The van der Waals surface area contributed by atoms with Gasteiger partial charge < -0.3 is 20.1 Å². The number of carbonyl (C=O) groups excluding carboxylic acids is 2. The van der Waals surface area contributed by atoms with E-state index in [0.29, 0.717) is 19.4 Å². The van der Waals surface area contributed by atoms with Crippen molar-refractivity contribution >= 4 is 23.4 Å². The van der Waals surface area contributed by atoms with E-state index in [4.69, 9.17) is 21.1 Å². The largest absolute Gasteiger partial charge is 0.368 e. The fourth-order valence-corrected chi connectivity index (χ4v) is 5.84. The van der Waals surface area contributed by atoms with Crippen molar-refractivity contribution in [1.82, 2.24) is 16.0 Å². The van der Waals surface area contributed by atoms with Crippen LogP contribution in [0.4, 0.5) is 4.39 Å². The van der Waals surface area contributed by atoms with Gasteiger partial charge in [-0.2, -0.15) is 0 Å². The zero-order chi connectivity index (χ0) is 21.4. The summed E-state index contributed by atoms with van der Waals surface area (Å²) in [6, 6.07) is 0. The van der Waals surface area contributed by atoms with Crippen LogP contribution >= 0.6 is 11.6 Å². The van der Waals surface area contributed by atoms with Crippen LogP contribution in [0.3, 0.4) is 0 Å². The smallest absolute Gasteiger partial charge is 0.246 e. The molecule has 4 saturated carbocycles. The van der Waals surface area contributed by atoms with Crippen molar-refractivity contribution in [2.24, 2.45) is 5.92 Å². The van der Waals surface area contributed by atoms with E-state index >= 15 is 0 Å². The Morgan fingerprint density at radius 2 is 1.87 bits per heavy atom. The van der Waals surface area contributed by atoms with Crippen molar-refractivity contribution in [3.8, 4) is 0 Å². The molecular formula is C21H33ClFN3O4. The van der Waals surface area contributed by atoms with Crippen molar-refractivity contribution in [1.29, 1.82) is 0 Å². The molecule has 1 saturated heterocycles. The van der Waals surface area contributed by atoms with E-state index in [1.54, 1.807) is 0 Å². The third-order valence-electron chi connectivity index (χ3n) is 7.00. The summed E-state index contributed by atoms with van der Waals surface area (Å²) in [5.74, 6) is -0.306. The van der Waals surface area contributed by atoms with Crippen LogP contribution in [0.15, 0.2) is 0 Å². The first-order chi connectivity index (χ1) is 14.3. The molecule has 0 spiro atoms. The van der Waals surface area contributed by atoms with E-state index in [1.807, 2.05) is 6.92 Å². The summed E-state index contributed by atoms with van der Waals surface area (Å²) in [4.78, 5) is 25.1. The molecule has 170 valence electrons. The highest BCUT2D eigenvalue weighted by atomic mass is 35.5. The maximum Gasteiger partial charge on any atom is 0.246 e. The molecule has 2 bridgehead atoms. The number of nitrogens with one attached hydrogen (secondary N) is 3. The molecule has 5 unspecified atom stereocenters. The van der Waals surface area contributed by atoms with Gasteiger partial charge in [0.2, 0.25) is 11.8 Å². The minimum atomic E-state index is -1.07. The van der Waals surface area contributed by atoms with Crippen molar-refractivity contribution in [2.75, 3.05) is 19.8 Å². The van der Waals surface area contributed by atoms with Gasteiger partial charge in [0.25, 0.3) is 0 Å². The summed E-state index contributed by atoms with van der Waals surface area (Å²) >= 11 is 5.89. The van der Waals surface area contributed by atoms with E-state index in [0.717, 1.165) is 38.6 Å². The van der Waals surface area contributed by atoms with Gasteiger partial charge >= 0.3 is 0 Å². The van der Waals surface area contributed by atoms with Gasteiger partial charge in [-0.3, -0.25) is 14.9 Å². The predicted molar refractivity (Wildman–Crippen MR) is 110 cm³/mol. The molecule has 0 aromatic rings. The Morgan fingerprint density at radius 1 is 1.13 bits per heavy atom. The number of alkyl halides is 2. The zero-order valence-electron chi connectivity index (χ0n) is 17.6. The van der Waals surface area contributed by atoms with Crippen LogP contribution < -0.4 is 16.0 Å². The van der Waals surface area contributed by atoms with Gasteiger partial charge in [0.05, 0.1) is 17.4 Å². The first kappa shape index (κ1) is 22.2. The average molecular weight is 446 g/mol. The predicted octanol–water partition coefficient (Wildman–Crippen LogP) is 1.77. The van der Waals surface area contributed by atoms with E-state index in [1.165, 1.54) is 0 Å². The lowest BCUT2D eigenvalue weighted by molar-refractivity contribution is -0.158. The van der Waals surface area contributed by atoms with Crippen LogP contribution in [0.5, 0.6) is 0 Å². The number of halogens is 2. The fourth-order valence-electron chi connectivity index (χ4n) is 5.61. The normalized spacial score (nSPS) is 42.6. The Balaban J connectivity index is 1.17. The molecule has 0 aromatic heterocycles. The minimum Gasteiger partial charge on any atom is -0.368 e. The molecule has 9 heteroatoms. The third-order valence-corrected chi connectivity index (χ3v) is 7.50. The first-order valence-electron chi connectivity index (χ1n) is 11.2. The summed E-state index contributed by atoms with van der Waals surface area (Å²) in [5, 5.41) is 9.10. The average Bonchev–Trinajstić information content (AvgIpc) is 2.67. The molecule has 0 radical (unpaired) electrons. The summed E-state index contributed by atoms with van der Waals surface area (Å²) in [5.41, 5.74) is -0.423. The van der Waals surface area contributed by atoms with E-state index in [9.17, 15) is 14.0 Å². The maximum absolute atomic E-state index is 13.7. The number of hydrogen-bond acceptors (Lipinski definition) is 5. The minimum absolute atomic E-state index is 0.0410.